The Balaban J connectivity index is 1.52. The molecule has 1 saturated carbocycles. The van der Waals surface area contributed by atoms with E-state index in [1.807, 2.05) is 44.2 Å². The number of likely N-dealkylation sites (tertiary alicyclic amines) is 1. The second-order valence-corrected chi connectivity index (χ2v) is 17.9. The summed E-state index contributed by atoms with van der Waals surface area (Å²) in [7, 11) is -3.78. The Bertz CT molecular complexity index is 1860. The van der Waals surface area contributed by atoms with E-state index in [9.17, 15) is 37.2 Å². The largest absolute Gasteiger partial charge is 0.372 e. The number of hydrogen-bond donors (Lipinski definition) is 5. The molecule has 0 radical (unpaired) electrons. The molecule has 0 aromatic heterocycles. The maximum atomic E-state index is 14.8. The monoisotopic (exact) mass is 854 g/mol. The van der Waals surface area contributed by atoms with E-state index in [0.717, 1.165) is 31.1 Å². The van der Waals surface area contributed by atoms with E-state index in [1.54, 1.807) is 37.3 Å². The number of Topliss-reactive ketones (excluding diaryl/α,β-unsaturated/α-hetero) is 1. The zero-order valence-electron chi connectivity index (χ0n) is 35.1. The maximum Gasteiger partial charge on any atom is 0.289 e. The smallest absolute Gasteiger partial charge is 0.289 e. The van der Waals surface area contributed by atoms with Crippen molar-refractivity contribution in [3.05, 3.63) is 71.8 Å². The predicted octanol–water partition coefficient (Wildman–Crippen LogP) is 2.42. The van der Waals surface area contributed by atoms with E-state index in [2.05, 4.69) is 20.7 Å². The van der Waals surface area contributed by atoms with Gasteiger partial charge in [-0.1, -0.05) is 107 Å². The molecule has 5 amide bonds. The Hall–Kier alpha value is -4.71. The molecule has 2 fully saturated rings. The molecule has 16 nitrogen and oxygen atoms in total. The molecule has 1 heterocycles. The molecule has 0 bridgehead atoms. The van der Waals surface area contributed by atoms with Gasteiger partial charge in [-0.25, -0.2) is 13.1 Å². The minimum Gasteiger partial charge on any atom is -0.372 e. The van der Waals surface area contributed by atoms with Crippen LogP contribution in [0.3, 0.4) is 0 Å². The lowest BCUT2D eigenvalue weighted by Crippen LogP contribution is -2.60. The molecule has 0 spiro atoms. The summed E-state index contributed by atoms with van der Waals surface area (Å²) in [5, 5.41) is 8.12. The zero-order valence-corrected chi connectivity index (χ0v) is 35.9. The van der Waals surface area contributed by atoms with Crippen molar-refractivity contribution in [2.45, 2.75) is 122 Å². The van der Waals surface area contributed by atoms with Gasteiger partial charge >= 0.3 is 0 Å². The van der Waals surface area contributed by atoms with Crippen LogP contribution in [0.15, 0.2) is 60.7 Å². The number of amides is 5. The number of carbonyl (C=O) groups excluding carboxylic acids is 6. The molecule has 6 N–H and O–H groups in total. The summed E-state index contributed by atoms with van der Waals surface area (Å²) in [5.74, 6) is -4.69. The molecule has 6 atom stereocenters. The van der Waals surface area contributed by atoms with Gasteiger partial charge in [0.1, 0.15) is 18.1 Å². The van der Waals surface area contributed by atoms with Crippen LogP contribution in [-0.4, -0.2) is 105 Å². The molecular formula is C43H62N6O10S. The fraction of sp³-hybridized carbons (Fsp3) is 0.581. The van der Waals surface area contributed by atoms with Crippen molar-refractivity contribution in [1.82, 2.24) is 25.6 Å². The van der Waals surface area contributed by atoms with Gasteiger partial charge in [0, 0.05) is 19.5 Å². The summed E-state index contributed by atoms with van der Waals surface area (Å²) in [4.78, 5) is 82.9. The average molecular weight is 855 g/mol. The fourth-order valence-electron chi connectivity index (χ4n) is 7.80. The van der Waals surface area contributed by atoms with Crippen molar-refractivity contribution in [2.24, 2.45) is 17.6 Å². The summed E-state index contributed by atoms with van der Waals surface area (Å²) in [6, 6.07) is 13.5. The lowest BCUT2D eigenvalue weighted by Gasteiger charge is -2.35. The van der Waals surface area contributed by atoms with E-state index in [-0.39, 0.29) is 57.4 Å². The summed E-state index contributed by atoms with van der Waals surface area (Å²) in [6.07, 6.45) is 4.12. The van der Waals surface area contributed by atoms with Gasteiger partial charge < -0.3 is 36.1 Å². The van der Waals surface area contributed by atoms with E-state index < -0.39 is 81.7 Å². The van der Waals surface area contributed by atoms with Gasteiger partial charge in [-0.15, -0.1) is 0 Å². The van der Waals surface area contributed by atoms with Gasteiger partial charge in [0.05, 0.1) is 31.6 Å². The van der Waals surface area contributed by atoms with Gasteiger partial charge in [0.15, 0.2) is 6.10 Å². The Morgan fingerprint density at radius 2 is 1.55 bits per heavy atom. The van der Waals surface area contributed by atoms with Gasteiger partial charge in [0.25, 0.3) is 11.8 Å². The van der Waals surface area contributed by atoms with Crippen molar-refractivity contribution in [1.29, 1.82) is 0 Å². The third-order valence-corrected chi connectivity index (χ3v) is 11.4. The van der Waals surface area contributed by atoms with Crippen molar-refractivity contribution in [3.8, 4) is 0 Å². The Morgan fingerprint density at radius 1 is 0.900 bits per heavy atom. The van der Waals surface area contributed by atoms with Crippen LogP contribution < -0.4 is 26.4 Å². The highest BCUT2D eigenvalue weighted by Gasteiger charge is 2.46. The first-order chi connectivity index (χ1) is 28.6. The Kier molecular flexibility index (Phi) is 18.7. The highest BCUT2D eigenvalue weighted by atomic mass is 32.2. The third-order valence-electron chi connectivity index (χ3n) is 10.7. The van der Waals surface area contributed by atoms with Crippen LogP contribution >= 0.6 is 0 Å². The van der Waals surface area contributed by atoms with E-state index in [4.69, 9.17) is 15.2 Å². The zero-order chi connectivity index (χ0) is 43.8. The van der Waals surface area contributed by atoms with Gasteiger partial charge in [0.2, 0.25) is 33.5 Å². The first-order valence-corrected chi connectivity index (χ1v) is 22.8. The molecule has 2 aliphatic rings. The lowest BCUT2D eigenvalue weighted by molar-refractivity contribution is -0.144. The van der Waals surface area contributed by atoms with E-state index in [0.29, 0.717) is 24.8 Å². The number of rotatable bonds is 23. The molecule has 1 aliphatic carbocycles. The number of ketones is 1. The quantitative estimate of drug-likeness (QED) is 0.0810. The number of ether oxygens (including phenoxy) is 2. The molecule has 60 heavy (non-hydrogen) atoms. The summed E-state index contributed by atoms with van der Waals surface area (Å²) in [5.41, 5.74) is 6.94. The maximum absolute atomic E-state index is 14.8. The number of benzene rings is 2. The van der Waals surface area contributed by atoms with Crippen LogP contribution in [0.4, 0.5) is 0 Å². The van der Waals surface area contributed by atoms with Crippen LogP contribution in [0.2, 0.25) is 0 Å². The van der Waals surface area contributed by atoms with Crippen molar-refractivity contribution in [3.63, 3.8) is 0 Å². The molecule has 2 aromatic rings. The lowest BCUT2D eigenvalue weighted by atomic mass is 9.83. The Labute approximate surface area is 353 Å². The normalized spacial score (nSPS) is 19.2. The molecule has 6 unspecified atom stereocenters. The van der Waals surface area contributed by atoms with E-state index >= 15 is 0 Å². The second kappa shape index (κ2) is 23.3. The highest BCUT2D eigenvalue weighted by Crippen LogP contribution is 2.31. The van der Waals surface area contributed by atoms with E-state index in [1.165, 1.54) is 4.90 Å². The average Bonchev–Trinajstić information content (AvgIpc) is 3.66. The number of nitrogens with two attached hydrogens (primary N) is 1. The van der Waals surface area contributed by atoms with Crippen LogP contribution in [0.5, 0.6) is 0 Å². The third kappa shape index (κ3) is 14.8. The van der Waals surface area contributed by atoms with Crippen molar-refractivity contribution < 1.29 is 46.7 Å². The molecule has 2 aromatic carbocycles. The number of nitrogens with one attached hydrogen (secondary N) is 4. The second-order valence-electron chi connectivity index (χ2n) is 16.2. The topological polar surface area (TPSA) is 232 Å². The SMILES string of the molecule is CCCC(NC(=O)C1CC(OCc2ccccc2)CN1C(=O)C(NC(=O)C(CC(C)C)NS(C)(=O)=O)C1CCCCC1)C(=O)C(=O)NCCOC(C(N)=O)c1ccccc1. The standard InChI is InChI=1S/C43H62N6O10S/c1-5-15-33(37(50)42(54)45-22-23-58-38(39(44)51)31-20-13-8-14-21-31)46-41(53)35-25-32(59-27-29-16-9-6-10-17-29)26-49(35)43(55)36(30-18-11-7-12-19-30)47-40(52)34(24-28(2)3)48-60(4,56)57/h6,8-10,13-14,16-17,20-21,28,30,32-36,38,48H,5,7,11-12,15,18-19,22-27H2,1-4H3,(H2,44,51)(H,45,54)(H,46,53)(H,47,52). The number of nitrogens with zero attached hydrogens (tertiary/aromatic N) is 1. The minimum atomic E-state index is -3.78. The predicted molar refractivity (Wildman–Crippen MR) is 224 cm³/mol. The number of sulfonamides is 1. The molecule has 330 valence electrons. The van der Waals surface area contributed by atoms with Gasteiger partial charge in [-0.05, 0) is 48.6 Å². The summed E-state index contributed by atoms with van der Waals surface area (Å²) in [6.45, 7) is 5.50. The van der Waals surface area contributed by atoms with Crippen LogP contribution in [0.25, 0.3) is 0 Å². The minimum absolute atomic E-state index is 0.0159. The van der Waals surface area contributed by atoms with Gasteiger partial charge in [-0.3, -0.25) is 28.8 Å². The molecule has 17 heteroatoms. The summed E-state index contributed by atoms with van der Waals surface area (Å²) >= 11 is 0. The van der Waals surface area contributed by atoms with Crippen molar-refractivity contribution in [2.75, 3.05) is 26.0 Å². The number of carbonyl (C=O) groups is 6. The fourth-order valence-corrected chi connectivity index (χ4v) is 8.52. The molecular weight excluding hydrogens is 793 g/mol. The van der Waals surface area contributed by atoms with Crippen LogP contribution in [-0.2, 0) is 54.9 Å². The molecule has 1 saturated heterocycles. The van der Waals surface area contributed by atoms with Crippen LogP contribution in [0.1, 0.15) is 95.8 Å². The molecule has 1 aliphatic heterocycles. The van der Waals surface area contributed by atoms with Gasteiger partial charge in [-0.2, -0.15) is 0 Å². The highest BCUT2D eigenvalue weighted by molar-refractivity contribution is 7.88. The van der Waals surface area contributed by atoms with Crippen molar-refractivity contribution >= 4 is 45.3 Å². The first-order valence-electron chi connectivity index (χ1n) is 20.9. The summed E-state index contributed by atoms with van der Waals surface area (Å²) < 4.78 is 38.8. The van der Waals surface area contributed by atoms with Crippen LogP contribution in [0, 0.1) is 11.8 Å². The Morgan fingerprint density at radius 3 is 2.15 bits per heavy atom. The first kappa shape index (κ1) is 48.0. The molecule has 4 rings (SSSR count). The number of hydrogen-bond acceptors (Lipinski definition) is 10. The number of primary amides is 1.